The predicted octanol–water partition coefficient (Wildman–Crippen LogP) is 1.94. The van der Waals surface area contributed by atoms with Crippen molar-refractivity contribution in [3.05, 3.63) is 0 Å². The summed E-state index contributed by atoms with van der Waals surface area (Å²) in [6, 6.07) is 0. The summed E-state index contributed by atoms with van der Waals surface area (Å²) in [5.41, 5.74) is 5.81. The molecule has 2 rings (SSSR count). The average Bonchev–Trinajstić information content (AvgIpc) is 2.80. The monoisotopic (exact) mass is 166 g/mol. The first kappa shape index (κ1) is 8.09. The van der Waals surface area contributed by atoms with Crippen molar-refractivity contribution in [3.63, 3.8) is 0 Å². The minimum atomic E-state index is 0.659. The zero-order chi connectivity index (χ0) is 8.39. The van der Waals surface area contributed by atoms with Crippen LogP contribution < -0.4 is 5.73 Å². The van der Waals surface area contributed by atoms with Crippen molar-refractivity contribution in [1.82, 2.24) is 0 Å². The maximum absolute atomic E-state index is 5.81. The first-order valence-corrected chi connectivity index (χ1v) is 5.16. The normalized spacial score (nSPS) is 26.5. The average molecular weight is 166 g/mol. The lowest BCUT2D eigenvalue weighted by atomic mass is 10.1. The van der Waals surface area contributed by atoms with E-state index >= 15 is 0 Å². The SMILES string of the molecule is NC(=NCC1CCCC1)C1CC1. The molecule has 0 saturated heterocycles. The fourth-order valence-electron chi connectivity index (χ4n) is 1.94. The van der Waals surface area contributed by atoms with E-state index in [1.165, 1.54) is 38.5 Å². The Hall–Kier alpha value is -0.530. The van der Waals surface area contributed by atoms with Crippen LogP contribution in [-0.2, 0) is 0 Å². The highest BCUT2D eigenvalue weighted by atomic mass is 14.9. The van der Waals surface area contributed by atoms with E-state index in [1.54, 1.807) is 0 Å². The Kier molecular flexibility index (Phi) is 2.33. The van der Waals surface area contributed by atoms with Gasteiger partial charge in [-0.1, -0.05) is 12.8 Å². The molecule has 2 heteroatoms. The smallest absolute Gasteiger partial charge is 0.0968 e. The molecule has 0 aliphatic heterocycles. The number of hydrogen-bond acceptors (Lipinski definition) is 1. The molecule has 68 valence electrons. The van der Waals surface area contributed by atoms with Gasteiger partial charge in [0.25, 0.3) is 0 Å². The molecular formula is C10H18N2. The number of aliphatic imine (C=N–C) groups is 1. The van der Waals surface area contributed by atoms with Crippen molar-refractivity contribution in [2.75, 3.05) is 6.54 Å². The summed E-state index contributed by atoms with van der Waals surface area (Å²) in [7, 11) is 0. The summed E-state index contributed by atoms with van der Waals surface area (Å²) >= 11 is 0. The molecule has 0 aromatic carbocycles. The fraction of sp³-hybridized carbons (Fsp3) is 0.900. The van der Waals surface area contributed by atoms with Gasteiger partial charge in [-0.05, 0) is 31.6 Å². The second kappa shape index (κ2) is 3.46. The van der Waals surface area contributed by atoms with Gasteiger partial charge in [-0.3, -0.25) is 4.99 Å². The number of nitrogens with zero attached hydrogens (tertiary/aromatic N) is 1. The summed E-state index contributed by atoms with van der Waals surface area (Å²) < 4.78 is 0. The van der Waals surface area contributed by atoms with Crippen molar-refractivity contribution in [2.45, 2.75) is 38.5 Å². The Morgan fingerprint density at radius 2 is 1.83 bits per heavy atom. The van der Waals surface area contributed by atoms with Crippen LogP contribution in [0.25, 0.3) is 0 Å². The molecule has 0 radical (unpaired) electrons. The number of rotatable bonds is 3. The lowest BCUT2D eigenvalue weighted by Crippen LogP contribution is -2.15. The zero-order valence-corrected chi connectivity index (χ0v) is 7.63. The summed E-state index contributed by atoms with van der Waals surface area (Å²) in [5, 5.41) is 0. The van der Waals surface area contributed by atoms with E-state index < -0.39 is 0 Å². The van der Waals surface area contributed by atoms with Crippen molar-refractivity contribution in [3.8, 4) is 0 Å². The summed E-state index contributed by atoms with van der Waals surface area (Å²) in [5.74, 6) is 2.44. The van der Waals surface area contributed by atoms with Gasteiger partial charge in [0.1, 0.15) is 0 Å². The topological polar surface area (TPSA) is 38.4 Å². The van der Waals surface area contributed by atoms with Crippen LogP contribution in [0.1, 0.15) is 38.5 Å². The van der Waals surface area contributed by atoms with Gasteiger partial charge in [-0.15, -0.1) is 0 Å². The van der Waals surface area contributed by atoms with E-state index in [1.807, 2.05) is 0 Å². The summed E-state index contributed by atoms with van der Waals surface area (Å²) in [6.07, 6.45) is 8.12. The third kappa shape index (κ3) is 1.99. The van der Waals surface area contributed by atoms with Crippen LogP contribution in [0.15, 0.2) is 4.99 Å². The van der Waals surface area contributed by atoms with Crippen LogP contribution in [-0.4, -0.2) is 12.4 Å². The number of hydrogen-bond donors (Lipinski definition) is 1. The molecule has 2 saturated carbocycles. The third-order valence-corrected chi connectivity index (χ3v) is 3.00. The Bertz CT molecular complexity index is 176. The Morgan fingerprint density at radius 1 is 1.17 bits per heavy atom. The Labute approximate surface area is 74.2 Å². The van der Waals surface area contributed by atoms with Crippen molar-refractivity contribution < 1.29 is 0 Å². The molecule has 2 aliphatic rings. The van der Waals surface area contributed by atoms with Gasteiger partial charge < -0.3 is 5.73 Å². The van der Waals surface area contributed by atoms with Crippen LogP contribution in [0.3, 0.4) is 0 Å². The molecule has 2 fully saturated rings. The molecule has 0 spiro atoms. The highest BCUT2D eigenvalue weighted by Crippen LogP contribution is 2.29. The zero-order valence-electron chi connectivity index (χ0n) is 7.63. The quantitative estimate of drug-likeness (QED) is 0.505. The van der Waals surface area contributed by atoms with Crippen molar-refractivity contribution >= 4 is 5.84 Å². The molecule has 0 heterocycles. The number of nitrogens with two attached hydrogens (primary N) is 1. The molecular weight excluding hydrogens is 148 g/mol. The Morgan fingerprint density at radius 3 is 2.42 bits per heavy atom. The van der Waals surface area contributed by atoms with Gasteiger partial charge in [0.05, 0.1) is 5.84 Å². The molecule has 2 aliphatic carbocycles. The van der Waals surface area contributed by atoms with Crippen LogP contribution >= 0.6 is 0 Å². The van der Waals surface area contributed by atoms with Gasteiger partial charge in [0.2, 0.25) is 0 Å². The lowest BCUT2D eigenvalue weighted by Gasteiger charge is -2.04. The Balaban J connectivity index is 1.74. The van der Waals surface area contributed by atoms with Crippen LogP contribution in [0.2, 0.25) is 0 Å². The standard InChI is InChI=1S/C10H18N2/c11-10(9-5-6-9)12-7-8-3-1-2-4-8/h8-9H,1-7H2,(H2,11,12). The van der Waals surface area contributed by atoms with Gasteiger partial charge >= 0.3 is 0 Å². The summed E-state index contributed by atoms with van der Waals surface area (Å²) in [6.45, 7) is 1.00. The molecule has 0 aromatic heterocycles. The van der Waals surface area contributed by atoms with E-state index in [2.05, 4.69) is 4.99 Å². The molecule has 0 amide bonds. The second-order valence-corrected chi connectivity index (χ2v) is 4.19. The first-order valence-electron chi connectivity index (χ1n) is 5.16. The van der Waals surface area contributed by atoms with Crippen molar-refractivity contribution in [2.24, 2.45) is 22.6 Å². The van der Waals surface area contributed by atoms with Gasteiger partial charge in [-0.25, -0.2) is 0 Å². The minimum Gasteiger partial charge on any atom is -0.387 e. The maximum atomic E-state index is 5.81. The predicted molar refractivity (Wildman–Crippen MR) is 51.2 cm³/mol. The van der Waals surface area contributed by atoms with Gasteiger partial charge in [-0.2, -0.15) is 0 Å². The van der Waals surface area contributed by atoms with E-state index in [9.17, 15) is 0 Å². The molecule has 0 aromatic rings. The van der Waals surface area contributed by atoms with Crippen LogP contribution in [0, 0.1) is 11.8 Å². The van der Waals surface area contributed by atoms with E-state index in [-0.39, 0.29) is 0 Å². The lowest BCUT2D eigenvalue weighted by molar-refractivity contribution is 0.562. The van der Waals surface area contributed by atoms with E-state index in [4.69, 9.17) is 5.73 Å². The molecule has 0 atom stereocenters. The molecule has 12 heavy (non-hydrogen) atoms. The van der Waals surface area contributed by atoms with E-state index in [0.29, 0.717) is 5.92 Å². The molecule has 0 unspecified atom stereocenters. The number of amidine groups is 1. The highest BCUT2D eigenvalue weighted by molar-refractivity contribution is 5.84. The van der Waals surface area contributed by atoms with Gasteiger partial charge in [0, 0.05) is 12.5 Å². The molecule has 0 bridgehead atoms. The third-order valence-electron chi connectivity index (χ3n) is 3.00. The van der Waals surface area contributed by atoms with Gasteiger partial charge in [0.15, 0.2) is 0 Å². The first-order chi connectivity index (χ1) is 5.86. The largest absolute Gasteiger partial charge is 0.387 e. The van der Waals surface area contributed by atoms with Crippen LogP contribution in [0.5, 0.6) is 0 Å². The van der Waals surface area contributed by atoms with Crippen molar-refractivity contribution in [1.29, 1.82) is 0 Å². The molecule has 2 N–H and O–H groups in total. The minimum absolute atomic E-state index is 0.659. The maximum Gasteiger partial charge on any atom is 0.0968 e. The highest BCUT2D eigenvalue weighted by Gasteiger charge is 2.25. The second-order valence-electron chi connectivity index (χ2n) is 4.19. The van der Waals surface area contributed by atoms with E-state index in [0.717, 1.165) is 18.3 Å². The summed E-state index contributed by atoms with van der Waals surface area (Å²) in [4.78, 5) is 4.46. The fourth-order valence-corrected chi connectivity index (χ4v) is 1.94. The van der Waals surface area contributed by atoms with Crippen LogP contribution in [0.4, 0.5) is 0 Å². The molecule has 2 nitrogen and oxygen atoms in total.